The van der Waals surface area contributed by atoms with Gasteiger partial charge < -0.3 is 15.4 Å². The zero-order chi connectivity index (χ0) is 19.3. The lowest BCUT2D eigenvalue weighted by Gasteiger charge is -2.07. The molecular weight excluding hydrogens is 352 g/mol. The second-order valence-corrected chi connectivity index (χ2v) is 7.14. The molecule has 6 nitrogen and oxygen atoms in total. The monoisotopic (exact) mass is 374 g/mol. The predicted octanol–water partition coefficient (Wildman–Crippen LogP) is 3.79. The summed E-state index contributed by atoms with van der Waals surface area (Å²) in [4.78, 5) is 37.8. The number of aryl methyl sites for hydroxylation is 1. The Morgan fingerprint density at radius 3 is 2.58 bits per heavy atom. The van der Waals surface area contributed by atoms with E-state index in [0.717, 1.165) is 5.56 Å². The molecule has 1 aromatic carbocycles. The van der Waals surface area contributed by atoms with E-state index < -0.39 is 5.97 Å². The van der Waals surface area contributed by atoms with Gasteiger partial charge in [0.05, 0.1) is 6.42 Å². The van der Waals surface area contributed by atoms with Crippen LogP contribution in [0.5, 0.6) is 0 Å². The lowest BCUT2D eigenvalue weighted by molar-refractivity contribution is -0.136. The minimum atomic E-state index is -0.806. The molecule has 7 heteroatoms. The number of anilines is 1. The third kappa shape index (κ3) is 4.98. The molecule has 0 aliphatic heterocycles. The highest BCUT2D eigenvalue weighted by molar-refractivity contribution is 7.98. The number of amides is 1. The minimum absolute atomic E-state index is 0.0734. The molecule has 0 fully saturated rings. The standard InChI is InChI=1S/C19H22N2O4S/c1-11-17(13(3)22)12(2)20-18(11)19(25)21-15-6-4-5-14(9-15)10-26-8-7-16(23)24/h4-6,9,20H,7-8,10H2,1-3H3,(H,21,25)(H,23,24). The maximum Gasteiger partial charge on any atom is 0.304 e. The summed E-state index contributed by atoms with van der Waals surface area (Å²) in [6.45, 7) is 5.01. The van der Waals surface area contributed by atoms with Gasteiger partial charge in [-0.15, -0.1) is 0 Å². The molecule has 2 rings (SSSR count). The number of hydrogen-bond donors (Lipinski definition) is 3. The van der Waals surface area contributed by atoms with E-state index in [9.17, 15) is 14.4 Å². The molecule has 0 aliphatic carbocycles. The van der Waals surface area contributed by atoms with Gasteiger partial charge in [0.25, 0.3) is 5.91 Å². The number of hydrogen-bond acceptors (Lipinski definition) is 4. The van der Waals surface area contributed by atoms with E-state index in [-0.39, 0.29) is 18.1 Å². The second kappa shape index (κ2) is 8.71. The first kappa shape index (κ1) is 19.8. The van der Waals surface area contributed by atoms with E-state index in [2.05, 4.69) is 10.3 Å². The van der Waals surface area contributed by atoms with Crippen molar-refractivity contribution in [3.63, 3.8) is 0 Å². The van der Waals surface area contributed by atoms with Crippen molar-refractivity contribution < 1.29 is 19.5 Å². The van der Waals surface area contributed by atoms with Crippen LogP contribution >= 0.6 is 11.8 Å². The molecule has 0 radical (unpaired) electrons. The van der Waals surface area contributed by atoms with Crippen LogP contribution in [0.4, 0.5) is 5.69 Å². The Morgan fingerprint density at radius 1 is 1.23 bits per heavy atom. The summed E-state index contributed by atoms with van der Waals surface area (Å²) in [7, 11) is 0. The molecule has 2 aromatic rings. The van der Waals surface area contributed by atoms with E-state index in [1.165, 1.54) is 18.7 Å². The Balaban J connectivity index is 2.06. The van der Waals surface area contributed by atoms with Gasteiger partial charge in [-0.3, -0.25) is 14.4 Å². The number of aromatic amines is 1. The van der Waals surface area contributed by atoms with E-state index in [0.29, 0.717) is 39.7 Å². The molecule has 0 bridgehead atoms. The average Bonchev–Trinajstić information content (AvgIpc) is 2.86. The summed E-state index contributed by atoms with van der Waals surface area (Å²) in [5, 5.41) is 11.5. The fraction of sp³-hybridized carbons (Fsp3) is 0.316. The number of aliphatic carboxylic acids is 1. The number of benzene rings is 1. The summed E-state index contributed by atoms with van der Waals surface area (Å²) in [6, 6.07) is 7.43. The molecule has 0 saturated carbocycles. The van der Waals surface area contributed by atoms with Crippen LogP contribution in [0.25, 0.3) is 0 Å². The number of ketones is 1. The number of H-pyrrole nitrogens is 1. The third-order valence-corrected chi connectivity index (χ3v) is 4.96. The minimum Gasteiger partial charge on any atom is -0.481 e. The first-order valence-electron chi connectivity index (χ1n) is 8.19. The van der Waals surface area contributed by atoms with Gasteiger partial charge in [-0.2, -0.15) is 11.8 Å². The number of carboxylic acid groups (broad SMARTS) is 1. The van der Waals surface area contributed by atoms with Gasteiger partial charge >= 0.3 is 5.97 Å². The first-order chi connectivity index (χ1) is 12.3. The maximum atomic E-state index is 12.5. The summed E-state index contributed by atoms with van der Waals surface area (Å²) in [5.74, 6) is 0.0387. The van der Waals surface area contributed by atoms with Crippen LogP contribution in [0.3, 0.4) is 0 Å². The van der Waals surface area contributed by atoms with E-state index in [4.69, 9.17) is 5.11 Å². The Hall–Kier alpha value is -2.54. The highest BCUT2D eigenvalue weighted by Crippen LogP contribution is 2.21. The number of Topliss-reactive ketones (excluding diaryl/α,β-unsaturated/α-hetero) is 1. The van der Waals surface area contributed by atoms with Gasteiger partial charge in [0, 0.05) is 28.5 Å². The lowest BCUT2D eigenvalue weighted by atomic mass is 10.1. The molecule has 0 spiro atoms. The second-order valence-electron chi connectivity index (χ2n) is 6.03. The van der Waals surface area contributed by atoms with Crippen LogP contribution in [0.15, 0.2) is 24.3 Å². The number of thioether (sulfide) groups is 1. The quantitative estimate of drug-likeness (QED) is 0.482. The fourth-order valence-electron chi connectivity index (χ4n) is 2.79. The van der Waals surface area contributed by atoms with Gasteiger partial charge in [0.15, 0.2) is 5.78 Å². The normalized spacial score (nSPS) is 10.6. The molecule has 138 valence electrons. The first-order valence-corrected chi connectivity index (χ1v) is 9.35. The number of aromatic nitrogens is 1. The van der Waals surface area contributed by atoms with Gasteiger partial charge in [-0.1, -0.05) is 12.1 Å². The van der Waals surface area contributed by atoms with Crippen LogP contribution < -0.4 is 5.32 Å². The molecule has 0 unspecified atom stereocenters. The highest BCUT2D eigenvalue weighted by atomic mass is 32.2. The zero-order valence-corrected chi connectivity index (χ0v) is 15.8. The zero-order valence-electron chi connectivity index (χ0n) is 15.0. The van der Waals surface area contributed by atoms with E-state index >= 15 is 0 Å². The molecular formula is C19H22N2O4S. The Kier molecular flexibility index (Phi) is 6.63. The maximum absolute atomic E-state index is 12.5. The number of carbonyl (C=O) groups is 3. The summed E-state index contributed by atoms with van der Waals surface area (Å²) in [6.07, 6.45) is 0.130. The smallest absolute Gasteiger partial charge is 0.304 e. The van der Waals surface area contributed by atoms with Crippen molar-refractivity contribution in [1.82, 2.24) is 4.98 Å². The van der Waals surface area contributed by atoms with Crippen molar-refractivity contribution in [3.8, 4) is 0 Å². The van der Waals surface area contributed by atoms with Crippen LogP contribution in [-0.2, 0) is 10.5 Å². The molecule has 26 heavy (non-hydrogen) atoms. The van der Waals surface area contributed by atoms with Crippen LogP contribution in [0.2, 0.25) is 0 Å². The molecule has 3 N–H and O–H groups in total. The number of rotatable bonds is 8. The molecule has 1 aromatic heterocycles. The third-order valence-electron chi connectivity index (χ3n) is 3.93. The summed E-state index contributed by atoms with van der Waals surface area (Å²) >= 11 is 1.53. The van der Waals surface area contributed by atoms with Crippen molar-refractivity contribution in [2.45, 2.75) is 32.9 Å². The largest absolute Gasteiger partial charge is 0.481 e. The Labute approximate surface area is 156 Å². The molecule has 0 aliphatic rings. The van der Waals surface area contributed by atoms with Gasteiger partial charge in [0.2, 0.25) is 0 Å². The van der Waals surface area contributed by atoms with Crippen molar-refractivity contribution in [1.29, 1.82) is 0 Å². The predicted molar refractivity (Wildman–Crippen MR) is 103 cm³/mol. The Bertz CT molecular complexity index is 842. The van der Waals surface area contributed by atoms with E-state index in [1.807, 2.05) is 18.2 Å². The van der Waals surface area contributed by atoms with Crippen molar-refractivity contribution >= 4 is 35.1 Å². The van der Waals surface area contributed by atoms with Crippen LogP contribution in [0.1, 0.15) is 51.0 Å². The van der Waals surface area contributed by atoms with Crippen molar-refractivity contribution in [3.05, 3.63) is 52.3 Å². The van der Waals surface area contributed by atoms with E-state index in [1.54, 1.807) is 19.9 Å². The Morgan fingerprint density at radius 2 is 1.96 bits per heavy atom. The summed E-state index contributed by atoms with van der Waals surface area (Å²) < 4.78 is 0. The average molecular weight is 374 g/mol. The molecule has 1 amide bonds. The number of carboxylic acids is 1. The lowest BCUT2D eigenvalue weighted by Crippen LogP contribution is -2.14. The van der Waals surface area contributed by atoms with Crippen LogP contribution in [-0.4, -0.2) is 33.5 Å². The number of nitrogens with one attached hydrogen (secondary N) is 2. The van der Waals surface area contributed by atoms with Crippen LogP contribution in [0, 0.1) is 13.8 Å². The van der Waals surface area contributed by atoms with Gasteiger partial charge in [-0.05, 0) is 44.0 Å². The number of carbonyl (C=O) groups excluding carboxylic acids is 2. The highest BCUT2D eigenvalue weighted by Gasteiger charge is 2.19. The molecule has 0 atom stereocenters. The van der Waals surface area contributed by atoms with Gasteiger partial charge in [0.1, 0.15) is 5.69 Å². The fourth-order valence-corrected chi connectivity index (χ4v) is 3.67. The molecule has 0 saturated heterocycles. The topological polar surface area (TPSA) is 99.3 Å². The molecule has 1 heterocycles. The SMILES string of the molecule is CC(=O)c1c(C)[nH]c(C(=O)Nc2cccc(CSCCC(=O)O)c2)c1C. The van der Waals surface area contributed by atoms with Gasteiger partial charge in [-0.25, -0.2) is 0 Å². The van der Waals surface area contributed by atoms with Crippen molar-refractivity contribution in [2.24, 2.45) is 0 Å². The summed E-state index contributed by atoms with van der Waals surface area (Å²) in [5.41, 5.74) is 3.92. The van der Waals surface area contributed by atoms with Crippen molar-refractivity contribution in [2.75, 3.05) is 11.1 Å².